The van der Waals surface area contributed by atoms with Crippen LogP contribution >= 0.6 is 12.4 Å². The standard InChI is InChI=1S/C17H15N5O.ClH/c18-17(19)21-16(23)14-11-20-22(13-9-5-2-6-10-13)15(14)12-7-3-1-4-8-12;/h1-11H,(H4,18,19,21,23);1H. The first-order chi connectivity index (χ1) is 11.2. The summed E-state index contributed by atoms with van der Waals surface area (Å²) in [6.07, 6.45) is 1.48. The number of nitrogens with two attached hydrogens (primary N) is 1. The molecule has 0 unspecified atom stereocenters. The first kappa shape index (κ1) is 17.2. The summed E-state index contributed by atoms with van der Waals surface area (Å²) in [4.78, 5) is 12.3. The van der Waals surface area contributed by atoms with Gasteiger partial charge in [0.25, 0.3) is 5.91 Å². The van der Waals surface area contributed by atoms with Crippen molar-refractivity contribution in [1.29, 1.82) is 5.41 Å². The zero-order chi connectivity index (χ0) is 16.2. The van der Waals surface area contributed by atoms with Crippen molar-refractivity contribution in [1.82, 2.24) is 15.1 Å². The van der Waals surface area contributed by atoms with Crippen LogP contribution in [0.25, 0.3) is 16.9 Å². The molecule has 0 spiro atoms. The number of nitrogens with one attached hydrogen (secondary N) is 2. The fraction of sp³-hybridized carbons (Fsp3) is 0. The van der Waals surface area contributed by atoms with E-state index in [0.29, 0.717) is 11.3 Å². The molecule has 7 heteroatoms. The topological polar surface area (TPSA) is 96.8 Å². The van der Waals surface area contributed by atoms with Gasteiger partial charge in [-0.3, -0.25) is 15.5 Å². The molecule has 0 aliphatic heterocycles. The highest BCUT2D eigenvalue weighted by Gasteiger charge is 2.20. The van der Waals surface area contributed by atoms with Crippen LogP contribution in [0.1, 0.15) is 10.4 Å². The lowest BCUT2D eigenvalue weighted by molar-refractivity contribution is 0.0977. The van der Waals surface area contributed by atoms with Gasteiger partial charge in [0.15, 0.2) is 5.96 Å². The van der Waals surface area contributed by atoms with E-state index >= 15 is 0 Å². The highest BCUT2D eigenvalue weighted by Crippen LogP contribution is 2.26. The molecule has 0 bridgehead atoms. The first-order valence-electron chi connectivity index (χ1n) is 7.01. The van der Waals surface area contributed by atoms with Gasteiger partial charge in [-0.15, -0.1) is 12.4 Å². The molecule has 4 N–H and O–H groups in total. The summed E-state index contributed by atoms with van der Waals surface area (Å²) in [6.45, 7) is 0. The maximum atomic E-state index is 12.3. The van der Waals surface area contributed by atoms with Crippen LogP contribution in [0.5, 0.6) is 0 Å². The van der Waals surface area contributed by atoms with E-state index < -0.39 is 11.9 Å². The number of hydrogen-bond donors (Lipinski definition) is 3. The summed E-state index contributed by atoms with van der Waals surface area (Å²) >= 11 is 0. The van der Waals surface area contributed by atoms with Crippen LogP contribution < -0.4 is 11.1 Å². The summed E-state index contributed by atoms with van der Waals surface area (Å²) in [5.41, 5.74) is 7.96. The van der Waals surface area contributed by atoms with Gasteiger partial charge in [-0.1, -0.05) is 48.5 Å². The number of para-hydroxylation sites is 1. The molecule has 0 saturated heterocycles. The van der Waals surface area contributed by atoms with Crippen LogP contribution in [-0.4, -0.2) is 21.6 Å². The van der Waals surface area contributed by atoms with Gasteiger partial charge in [0, 0.05) is 5.56 Å². The van der Waals surface area contributed by atoms with Crippen LogP contribution in [0.2, 0.25) is 0 Å². The molecule has 3 rings (SSSR count). The fourth-order valence-electron chi connectivity index (χ4n) is 2.34. The number of rotatable bonds is 3. The smallest absolute Gasteiger partial charge is 0.261 e. The Morgan fingerprint density at radius 1 is 1.04 bits per heavy atom. The van der Waals surface area contributed by atoms with E-state index in [0.717, 1.165) is 11.3 Å². The van der Waals surface area contributed by atoms with E-state index in [1.54, 1.807) is 4.68 Å². The van der Waals surface area contributed by atoms with Gasteiger partial charge < -0.3 is 5.73 Å². The van der Waals surface area contributed by atoms with Gasteiger partial charge in [0.05, 0.1) is 23.1 Å². The number of carbonyl (C=O) groups excluding carboxylic acids is 1. The van der Waals surface area contributed by atoms with Crippen molar-refractivity contribution < 1.29 is 4.79 Å². The van der Waals surface area contributed by atoms with Gasteiger partial charge in [0.1, 0.15) is 0 Å². The van der Waals surface area contributed by atoms with E-state index in [2.05, 4.69) is 10.4 Å². The average molecular weight is 342 g/mol. The van der Waals surface area contributed by atoms with E-state index in [1.165, 1.54) is 6.20 Å². The Morgan fingerprint density at radius 3 is 2.21 bits per heavy atom. The summed E-state index contributed by atoms with van der Waals surface area (Å²) in [6, 6.07) is 19.0. The predicted molar refractivity (Wildman–Crippen MR) is 95.6 cm³/mol. The third-order valence-corrected chi connectivity index (χ3v) is 3.31. The largest absolute Gasteiger partial charge is 0.370 e. The zero-order valence-electron chi connectivity index (χ0n) is 12.6. The molecule has 0 aliphatic rings. The molecule has 0 saturated carbocycles. The number of nitrogens with zero attached hydrogens (tertiary/aromatic N) is 2. The molecule has 1 amide bonds. The lowest BCUT2D eigenvalue weighted by atomic mass is 10.1. The van der Waals surface area contributed by atoms with E-state index in [-0.39, 0.29) is 12.4 Å². The van der Waals surface area contributed by atoms with Crippen LogP contribution in [-0.2, 0) is 0 Å². The Hall–Kier alpha value is -3.12. The van der Waals surface area contributed by atoms with Gasteiger partial charge in [-0.25, -0.2) is 4.68 Å². The van der Waals surface area contributed by atoms with Gasteiger partial charge >= 0.3 is 0 Å². The Labute approximate surface area is 145 Å². The Balaban J connectivity index is 0.00000208. The van der Waals surface area contributed by atoms with E-state index in [9.17, 15) is 4.79 Å². The van der Waals surface area contributed by atoms with Crippen LogP contribution in [0.4, 0.5) is 0 Å². The quantitative estimate of drug-likeness (QED) is 0.504. The van der Waals surface area contributed by atoms with Crippen LogP contribution in [0, 0.1) is 5.41 Å². The highest BCUT2D eigenvalue weighted by molar-refractivity contribution is 6.07. The minimum absolute atomic E-state index is 0. The molecule has 0 fully saturated rings. The fourth-order valence-corrected chi connectivity index (χ4v) is 2.34. The summed E-state index contributed by atoms with van der Waals surface area (Å²) in [5, 5.41) is 13.9. The van der Waals surface area contributed by atoms with Crippen LogP contribution in [0.15, 0.2) is 66.9 Å². The molecule has 3 aromatic rings. The van der Waals surface area contributed by atoms with Crippen LogP contribution in [0.3, 0.4) is 0 Å². The van der Waals surface area contributed by atoms with Crippen molar-refractivity contribution in [2.24, 2.45) is 5.73 Å². The summed E-state index contributed by atoms with van der Waals surface area (Å²) < 4.78 is 1.70. The van der Waals surface area contributed by atoms with Gasteiger partial charge in [-0.05, 0) is 12.1 Å². The monoisotopic (exact) mass is 341 g/mol. The normalized spacial score (nSPS) is 9.83. The summed E-state index contributed by atoms with van der Waals surface area (Å²) in [5.74, 6) is -0.861. The molecular weight excluding hydrogens is 326 g/mol. The highest BCUT2D eigenvalue weighted by atomic mass is 35.5. The number of guanidine groups is 1. The second-order valence-electron chi connectivity index (χ2n) is 4.89. The molecule has 0 radical (unpaired) electrons. The van der Waals surface area contributed by atoms with Crippen molar-refractivity contribution in [2.75, 3.05) is 0 Å². The second-order valence-corrected chi connectivity index (χ2v) is 4.89. The SMILES string of the molecule is Cl.N=C(N)NC(=O)c1cnn(-c2ccccc2)c1-c1ccccc1. The predicted octanol–water partition coefficient (Wildman–Crippen LogP) is 2.58. The third kappa shape index (κ3) is 3.44. The third-order valence-electron chi connectivity index (χ3n) is 3.31. The maximum Gasteiger partial charge on any atom is 0.261 e. The van der Waals surface area contributed by atoms with Crippen molar-refractivity contribution >= 4 is 24.3 Å². The summed E-state index contributed by atoms with van der Waals surface area (Å²) in [7, 11) is 0. The van der Waals surface area contributed by atoms with E-state index in [4.69, 9.17) is 11.1 Å². The second kappa shape index (κ2) is 7.43. The number of amides is 1. The van der Waals surface area contributed by atoms with Crippen molar-refractivity contribution in [3.8, 4) is 16.9 Å². The molecule has 6 nitrogen and oxygen atoms in total. The lowest BCUT2D eigenvalue weighted by Gasteiger charge is -2.10. The molecule has 24 heavy (non-hydrogen) atoms. The average Bonchev–Trinajstić information content (AvgIpc) is 3.01. The molecule has 122 valence electrons. The number of carbonyl (C=O) groups is 1. The zero-order valence-corrected chi connectivity index (χ0v) is 13.5. The molecule has 2 aromatic carbocycles. The molecule has 0 aliphatic carbocycles. The lowest BCUT2D eigenvalue weighted by Crippen LogP contribution is -2.35. The van der Waals surface area contributed by atoms with E-state index in [1.807, 2.05) is 60.7 Å². The Kier molecular flexibility index (Phi) is 5.34. The number of hydrogen-bond acceptors (Lipinski definition) is 3. The number of halogens is 1. The Bertz CT molecular complexity index is 846. The van der Waals surface area contributed by atoms with Crippen molar-refractivity contribution in [3.05, 3.63) is 72.4 Å². The first-order valence-corrected chi connectivity index (χ1v) is 7.01. The van der Waals surface area contributed by atoms with Gasteiger partial charge in [0.2, 0.25) is 0 Å². The van der Waals surface area contributed by atoms with Gasteiger partial charge in [-0.2, -0.15) is 5.10 Å². The maximum absolute atomic E-state index is 12.3. The molecular formula is C17H16ClN5O. The molecule has 0 atom stereocenters. The number of benzene rings is 2. The minimum atomic E-state index is -0.460. The minimum Gasteiger partial charge on any atom is -0.370 e. The Morgan fingerprint density at radius 2 is 1.62 bits per heavy atom. The molecule has 1 heterocycles. The van der Waals surface area contributed by atoms with Crippen molar-refractivity contribution in [3.63, 3.8) is 0 Å². The van der Waals surface area contributed by atoms with Crippen molar-refractivity contribution in [2.45, 2.75) is 0 Å². The molecule has 1 aromatic heterocycles. The number of aromatic nitrogens is 2.